The minimum atomic E-state index is 0.856. The van der Waals surface area contributed by atoms with Crippen LogP contribution in [-0.4, -0.2) is 23.2 Å². The van der Waals surface area contributed by atoms with E-state index in [4.69, 9.17) is 4.98 Å². The topological polar surface area (TPSA) is 50.2 Å². The quantitative estimate of drug-likeness (QED) is 0.924. The van der Waals surface area contributed by atoms with Gasteiger partial charge < -0.3 is 5.32 Å². The molecule has 2 aromatic rings. The summed E-state index contributed by atoms with van der Waals surface area (Å²) in [5, 5.41) is 3.17. The van der Waals surface area contributed by atoms with Crippen LogP contribution in [0.4, 0.5) is 5.69 Å². The minimum Gasteiger partial charge on any atom is -0.388 e. The highest BCUT2D eigenvalue weighted by Crippen LogP contribution is 2.25. The van der Waals surface area contributed by atoms with Crippen LogP contribution < -0.4 is 5.32 Å². The fraction of sp³-hybridized carbons (Fsp3) is 0.188. The normalized spacial score (nSPS) is 13.9. The summed E-state index contributed by atoms with van der Waals surface area (Å²) in [7, 11) is 1.90. The van der Waals surface area contributed by atoms with Crippen molar-refractivity contribution in [3.8, 4) is 11.4 Å². The van der Waals surface area contributed by atoms with Crippen molar-refractivity contribution in [2.24, 2.45) is 4.99 Å². The molecule has 0 aliphatic carbocycles. The third-order valence-electron chi connectivity index (χ3n) is 3.17. The van der Waals surface area contributed by atoms with E-state index in [0.29, 0.717) is 0 Å². The van der Waals surface area contributed by atoms with Crippen molar-refractivity contribution in [2.45, 2.75) is 12.8 Å². The summed E-state index contributed by atoms with van der Waals surface area (Å²) < 4.78 is 0. The lowest BCUT2D eigenvalue weighted by atomic mass is 10.1. The molecule has 0 bridgehead atoms. The van der Waals surface area contributed by atoms with Crippen LogP contribution in [-0.2, 0) is 0 Å². The Morgan fingerprint density at radius 1 is 1.05 bits per heavy atom. The van der Waals surface area contributed by atoms with Crippen molar-refractivity contribution in [1.29, 1.82) is 0 Å². The number of nitrogens with one attached hydrogen (secondary N) is 1. The third kappa shape index (κ3) is 2.59. The first-order valence-corrected chi connectivity index (χ1v) is 6.71. The molecule has 3 heterocycles. The second kappa shape index (κ2) is 5.65. The number of aromatic nitrogens is 2. The number of rotatable bonds is 3. The van der Waals surface area contributed by atoms with Gasteiger partial charge in [0, 0.05) is 25.1 Å². The van der Waals surface area contributed by atoms with Gasteiger partial charge in [0.2, 0.25) is 0 Å². The fourth-order valence-corrected chi connectivity index (χ4v) is 2.13. The van der Waals surface area contributed by atoms with Crippen LogP contribution in [0.5, 0.6) is 0 Å². The Balaban J connectivity index is 2.08. The zero-order valence-electron chi connectivity index (χ0n) is 11.4. The van der Waals surface area contributed by atoms with Crippen LogP contribution >= 0.6 is 0 Å². The summed E-state index contributed by atoms with van der Waals surface area (Å²) in [5.41, 5.74) is 4.55. The van der Waals surface area contributed by atoms with Gasteiger partial charge in [0.1, 0.15) is 0 Å². The molecule has 0 aromatic carbocycles. The number of aliphatic imine (C=N–C) groups is 1. The fourth-order valence-electron chi connectivity index (χ4n) is 2.13. The van der Waals surface area contributed by atoms with E-state index in [2.05, 4.69) is 21.4 Å². The zero-order valence-corrected chi connectivity index (χ0v) is 11.4. The molecule has 0 fully saturated rings. The van der Waals surface area contributed by atoms with Gasteiger partial charge in [-0.3, -0.25) is 9.98 Å². The SMILES string of the molecule is CNc1cc(C2=CCCC=N2)nc(-c2ccccn2)c1. The molecular weight excluding hydrogens is 248 g/mol. The van der Waals surface area contributed by atoms with E-state index in [1.165, 1.54) is 0 Å². The summed E-state index contributed by atoms with van der Waals surface area (Å²) in [6, 6.07) is 9.85. The Morgan fingerprint density at radius 3 is 2.65 bits per heavy atom. The van der Waals surface area contributed by atoms with Crippen molar-refractivity contribution >= 4 is 17.6 Å². The highest BCUT2D eigenvalue weighted by Gasteiger charge is 2.09. The summed E-state index contributed by atoms with van der Waals surface area (Å²) in [4.78, 5) is 13.5. The number of hydrogen-bond acceptors (Lipinski definition) is 4. The van der Waals surface area contributed by atoms with Crippen LogP contribution in [0.15, 0.2) is 47.6 Å². The van der Waals surface area contributed by atoms with Crippen molar-refractivity contribution < 1.29 is 0 Å². The average molecular weight is 264 g/mol. The molecule has 100 valence electrons. The Bertz CT molecular complexity index is 659. The predicted octanol–water partition coefficient (Wildman–Crippen LogP) is 3.39. The van der Waals surface area contributed by atoms with Crippen LogP contribution in [0.2, 0.25) is 0 Å². The van der Waals surface area contributed by atoms with Crippen molar-refractivity contribution in [2.75, 3.05) is 12.4 Å². The average Bonchev–Trinajstić information content (AvgIpc) is 2.56. The summed E-state index contributed by atoms with van der Waals surface area (Å²) in [5.74, 6) is 0. The van der Waals surface area contributed by atoms with Gasteiger partial charge in [-0.1, -0.05) is 12.1 Å². The number of allylic oxidation sites excluding steroid dienone is 1. The van der Waals surface area contributed by atoms with E-state index in [0.717, 1.165) is 41.3 Å². The van der Waals surface area contributed by atoms with Gasteiger partial charge in [-0.2, -0.15) is 0 Å². The summed E-state index contributed by atoms with van der Waals surface area (Å²) in [6.07, 6.45) is 7.87. The molecule has 1 aliphatic rings. The molecule has 0 atom stereocenters. The van der Waals surface area contributed by atoms with Crippen molar-refractivity contribution in [3.63, 3.8) is 0 Å². The van der Waals surface area contributed by atoms with Crippen molar-refractivity contribution in [3.05, 3.63) is 48.3 Å². The number of nitrogens with zero attached hydrogens (tertiary/aromatic N) is 3. The van der Waals surface area contributed by atoms with Crippen LogP contribution in [0.1, 0.15) is 18.5 Å². The molecule has 0 amide bonds. The highest BCUT2D eigenvalue weighted by atomic mass is 14.9. The Morgan fingerprint density at radius 2 is 1.95 bits per heavy atom. The number of hydrogen-bond donors (Lipinski definition) is 1. The molecule has 1 N–H and O–H groups in total. The van der Waals surface area contributed by atoms with E-state index in [9.17, 15) is 0 Å². The maximum Gasteiger partial charge on any atom is 0.0914 e. The van der Waals surface area contributed by atoms with Gasteiger partial charge in [-0.25, -0.2) is 4.98 Å². The first-order valence-electron chi connectivity index (χ1n) is 6.71. The van der Waals surface area contributed by atoms with Gasteiger partial charge in [-0.05, 0) is 37.1 Å². The molecule has 0 unspecified atom stereocenters. The van der Waals surface area contributed by atoms with Gasteiger partial charge in [0.05, 0.1) is 22.8 Å². The molecule has 4 heteroatoms. The second-order valence-electron chi connectivity index (χ2n) is 4.57. The van der Waals surface area contributed by atoms with Crippen LogP contribution in [0.3, 0.4) is 0 Å². The standard InChI is InChI=1S/C16H16N4/c1-17-12-10-15(13-6-2-4-8-18-13)20-16(11-12)14-7-3-5-9-19-14/h2,4,6-11H,3,5H2,1H3,(H,17,20). The maximum absolute atomic E-state index is 4.69. The number of pyridine rings is 2. The molecule has 0 spiro atoms. The first-order chi connectivity index (χ1) is 9.86. The zero-order chi connectivity index (χ0) is 13.8. The molecule has 0 saturated carbocycles. The Labute approximate surface area is 118 Å². The summed E-state index contributed by atoms with van der Waals surface area (Å²) >= 11 is 0. The molecular formula is C16H16N4. The second-order valence-corrected chi connectivity index (χ2v) is 4.57. The van der Waals surface area contributed by atoms with E-state index in [1.54, 1.807) is 6.20 Å². The third-order valence-corrected chi connectivity index (χ3v) is 3.17. The lowest BCUT2D eigenvalue weighted by molar-refractivity contribution is 1.08. The highest BCUT2D eigenvalue weighted by molar-refractivity contribution is 5.77. The smallest absolute Gasteiger partial charge is 0.0914 e. The van der Waals surface area contributed by atoms with Gasteiger partial charge in [0.15, 0.2) is 0 Å². The molecule has 0 saturated heterocycles. The molecule has 2 aromatic heterocycles. The van der Waals surface area contributed by atoms with E-state index < -0.39 is 0 Å². The largest absolute Gasteiger partial charge is 0.388 e. The van der Waals surface area contributed by atoms with Gasteiger partial charge in [0.25, 0.3) is 0 Å². The van der Waals surface area contributed by atoms with E-state index in [-0.39, 0.29) is 0 Å². The molecule has 0 radical (unpaired) electrons. The monoisotopic (exact) mass is 264 g/mol. The Hall–Kier alpha value is -2.49. The molecule has 20 heavy (non-hydrogen) atoms. The first kappa shape index (κ1) is 12.5. The number of anilines is 1. The summed E-state index contributed by atoms with van der Waals surface area (Å²) in [6.45, 7) is 0. The van der Waals surface area contributed by atoms with Crippen LogP contribution in [0.25, 0.3) is 17.1 Å². The predicted molar refractivity (Wildman–Crippen MR) is 82.7 cm³/mol. The molecule has 3 rings (SSSR count). The van der Waals surface area contributed by atoms with E-state index >= 15 is 0 Å². The van der Waals surface area contributed by atoms with Crippen molar-refractivity contribution in [1.82, 2.24) is 9.97 Å². The van der Waals surface area contributed by atoms with Crippen LogP contribution in [0, 0.1) is 0 Å². The lowest BCUT2D eigenvalue weighted by Crippen LogP contribution is -1.98. The minimum absolute atomic E-state index is 0.856. The maximum atomic E-state index is 4.69. The molecule has 1 aliphatic heterocycles. The van der Waals surface area contributed by atoms with E-state index in [1.807, 2.05) is 43.6 Å². The Kier molecular flexibility index (Phi) is 3.54. The van der Waals surface area contributed by atoms with Gasteiger partial charge in [-0.15, -0.1) is 0 Å². The van der Waals surface area contributed by atoms with Gasteiger partial charge >= 0.3 is 0 Å². The molecule has 4 nitrogen and oxygen atoms in total. The lowest BCUT2D eigenvalue weighted by Gasteiger charge is -2.10.